The molecule has 0 bridgehead atoms. The molecule has 1 aromatic heterocycles. The van der Waals surface area contributed by atoms with Crippen molar-refractivity contribution < 1.29 is 0 Å². The number of anilines is 1. The minimum absolute atomic E-state index is 0.225. The van der Waals surface area contributed by atoms with Crippen LogP contribution in [0, 0.1) is 6.92 Å². The Kier molecular flexibility index (Phi) is 2.21. The van der Waals surface area contributed by atoms with Crippen LogP contribution in [-0.4, -0.2) is 24.1 Å². The third kappa shape index (κ3) is 1.60. The van der Waals surface area contributed by atoms with Gasteiger partial charge in [0, 0.05) is 25.4 Å². The van der Waals surface area contributed by atoms with Crippen molar-refractivity contribution in [1.82, 2.24) is 9.97 Å². The van der Waals surface area contributed by atoms with Crippen LogP contribution in [0.4, 0.5) is 5.82 Å². The normalized spacial score (nSPS) is 17.7. The van der Waals surface area contributed by atoms with Gasteiger partial charge in [0.15, 0.2) is 0 Å². The first-order valence-electron chi connectivity index (χ1n) is 5.47. The van der Waals surface area contributed by atoms with Crippen LogP contribution in [0.1, 0.15) is 37.4 Å². The zero-order valence-electron chi connectivity index (χ0n) is 10.3. The van der Waals surface area contributed by atoms with Gasteiger partial charge in [0.2, 0.25) is 0 Å². The third-order valence-electron chi connectivity index (χ3n) is 3.16. The number of aryl methyl sites for hydroxylation is 2. The molecule has 0 saturated heterocycles. The Morgan fingerprint density at radius 3 is 2.47 bits per heavy atom. The van der Waals surface area contributed by atoms with Crippen LogP contribution in [0.2, 0.25) is 0 Å². The van der Waals surface area contributed by atoms with Gasteiger partial charge in [0.1, 0.15) is 11.6 Å². The van der Waals surface area contributed by atoms with Crippen molar-refractivity contribution in [2.24, 2.45) is 0 Å². The highest BCUT2D eigenvalue weighted by molar-refractivity contribution is 5.54. The molecule has 3 heteroatoms. The van der Waals surface area contributed by atoms with Gasteiger partial charge in [-0.2, -0.15) is 0 Å². The molecule has 0 N–H and O–H groups in total. The van der Waals surface area contributed by atoms with E-state index in [9.17, 15) is 0 Å². The summed E-state index contributed by atoms with van der Waals surface area (Å²) < 4.78 is 0. The summed E-state index contributed by atoms with van der Waals surface area (Å²) in [5, 5.41) is 0. The molecule has 0 fully saturated rings. The monoisotopic (exact) mass is 205 g/mol. The molecule has 1 aliphatic rings. The molecule has 0 unspecified atom stereocenters. The molecule has 15 heavy (non-hydrogen) atoms. The van der Waals surface area contributed by atoms with Crippen LogP contribution < -0.4 is 4.90 Å². The van der Waals surface area contributed by atoms with Crippen molar-refractivity contribution in [2.75, 3.05) is 19.0 Å². The predicted molar refractivity (Wildman–Crippen MR) is 62.4 cm³/mol. The van der Waals surface area contributed by atoms with E-state index < -0.39 is 0 Å². The Morgan fingerprint density at radius 1 is 1.20 bits per heavy atom. The smallest absolute Gasteiger partial charge is 0.135 e. The minimum atomic E-state index is 0.225. The molecule has 2 rings (SSSR count). The molecule has 1 aliphatic carbocycles. The van der Waals surface area contributed by atoms with Gasteiger partial charge >= 0.3 is 0 Å². The van der Waals surface area contributed by atoms with Gasteiger partial charge in [-0.05, 0) is 25.2 Å². The summed E-state index contributed by atoms with van der Waals surface area (Å²) in [6, 6.07) is 0. The average Bonchev–Trinajstić information content (AvgIpc) is 2.41. The highest BCUT2D eigenvalue weighted by Gasteiger charge is 2.35. The molecule has 0 spiro atoms. The van der Waals surface area contributed by atoms with E-state index in [4.69, 9.17) is 0 Å². The molecule has 0 amide bonds. The quantitative estimate of drug-likeness (QED) is 0.703. The summed E-state index contributed by atoms with van der Waals surface area (Å²) in [4.78, 5) is 11.2. The van der Waals surface area contributed by atoms with Gasteiger partial charge < -0.3 is 4.90 Å². The summed E-state index contributed by atoms with van der Waals surface area (Å²) in [5.74, 6) is 1.98. The van der Waals surface area contributed by atoms with Gasteiger partial charge in [0.05, 0.1) is 0 Å². The number of rotatable bonds is 1. The molecular weight excluding hydrogens is 186 g/mol. The molecule has 0 radical (unpaired) electrons. The topological polar surface area (TPSA) is 29.0 Å². The minimum Gasteiger partial charge on any atom is -0.362 e. The number of aromatic nitrogens is 2. The largest absolute Gasteiger partial charge is 0.362 e. The Bertz CT molecular complexity index is 394. The van der Waals surface area contributed by atoms with E-state index in [2.05, 4.69) is 42.8 Å². The average molecular weight is 205 g/mol. The van der Waals surface area contributed by atoms with Crippen LogP contribution in [-0.2, 0) is 11.8 Å². The molecule has 0 aromatic carbocycles. The van der Waals surface area contributed by atoms with Crippen LogP contribution in [0.5, 0.6) is 0 Å². The van der Waals surface area contributed by atoms with Crippen LogP contribution in [0.3, 0.4) is 0 Å². The second kappa shape index (κ2) is 3.19. The first-order chi connectivity index (χ1) is 6.92. The maximum Gasteiger partial charge on any atom is 0.135 e. The van der Waals surface area contributed by atoms with E-state index in [1.807, 2.05) is 6.92 Å². The number of hydrogen-bond donors (Lipinski definition) is 0. The predicted octanol–water partition coefficient (Wildman–Crippen LogP) is 2.07. The number of fused-ring (bicyclic) bond motifs is 1. The van der Waals surface area contributed by atoms with E-state index in [1.54, 1.807) is 0 Å². The lowest BCUT2D eigenvalue weighted by molar-refractivity contribution is 0.521. The van der Waals surface area contributed by atoms with Gasteiger partial charge in [-0.15, -0.1) is 0 Å². The Hall–Kier alpha value is -1.12. The lowest BCUT2D eigenvalue weighted by Gasteiger charge is -2.24. The van der Waals surface area contributed by atoms with Gasteiger partial charge in [-0.1, -0.05) is 13.8 Å². The fraction of sp³-hybridized carbons (Fsp3) is 0.667. The maximum atomic E-state index is 4.55. The van der Waals surface area contributed by atoms with Gasteiger partial charge in [0.25, 0.3) is 0 Å². The molecule has 0 saturated carbocycles. The Morgan fingerprint density at radius 2 is 1.87 bits per heavy atom. The number of nitrogens with zero attached hydrogens (tertiary/aromatic N) is 3. The Labute approximate surface area is 91.5 Å². The van der Waals surface area contributed by atoms with E-state index in [-0.39, 0.29) is 5.41 Å². The lowest BCUT2D eigenvalue weighted by Crippen LogP contribution is -2.21. The fourth-order valence-electron chi connectivity index (χ4n) is 2.37. The van der Waals surface area contributed by atoms with E-state index in [0.717, 1.165) is 18.1 Å². The van der Waals surface area contributed by atoms with Crippen molar-refractivity contribution in [1.29, 1.82) is 0 Å². The molecule has 82 valence electrons. The Balaban J connectivity index is 2.66. The fourth-order valence-corrected chi connectivity index (χ4v) is 2.37. The van der Waals surface area contributed by atoms with Crippen molar-refractivity contribution >= 4 is 5.82 Å². The van der Waals surface area contributed by atoms with E-state index in [1.165, 1.54) is 17.7 Å². The third-order valence-corrected chi connectivity index (χ3v) is 3.16. The zero-order valence-corrected chi connectivity index (χ0v) is 10.3. The second-order valence-electron chi connectivity index (χ2n) is 5.19. The van der Waals surface area contributed by atoms with Crippen molar-refractivity contribution in [3.63, 3.8) is 0 Å². The van der Waals surface area contributed by atoms with Crippen LogP contribution in [0.25, 0.3) is 0 Å². The van der Waals surface area contributed by atoms with Crippen LogP contribution in [0.15, 0.2) is 0 Å². The summed E-state index contributed by atoms with van der Waals surface area (Å²) in [6.07, 6.45) is 2.27. The summed E-state index contributed by atoms with van der Waals surface area (Å²) in [5.41, 5.74) is 2.82. The number of hydrogen-bond acceptors (Lipinski definition) is 3. The molecule has 1 heterocycles. The standard InChI is InChI=1S/C12H19N3/c1-8-13-9-6-7-12(2,3)10(9)11(14-8)15(4)5/h6-7H2,1-5H3. The summed E-state index contributed by atoms with van der Waals surface area (Å²) in [7, 11) is 4.10. The van der Waals surface area contributed by atoms with Crippen molar-refractivity contribution in [3.8, 4) is 0 Å². The zero-order chi connectivity index (χ0) is 11.2. The highest BCUT2D eigenvalue weighted by atomic mass is 15.2. The highest BCUT2D eigenvalue weighted by Crippen LogP contribution is 2.41. The first-order valence-corrected chi connectivity index (χ1v) is 5.47. The van der Waals surface area contributed by atoms with Gasteiger partial charge in [-0.25, -0.2) is 9.97 Å². The van der Waals surface area contributed by atoms with Crippen molar-refractivity contribution in [2.45, 2.75) is 39.0 Å². The first kappa shape index (κ1) is 10.4. The van der Waals surface area contributed by atoms with E-state index in [0.29, 0.717) is 0 Å². The van der Waals surface area contributed by atoms with Crippen molar-refractivity contribution in [3.05, 3.63) is 17.1 Å². The molecule has 3 nitrogen and oxygen atoms in total. The molecule has 0 atom stereocenters. The van der Waals surface area contributed by atoms with Gasteiger partial charge in [-0.3, -0.25) is 0 Å². The van der Waals surface area contributed by atoms with E-state index >= 15 is 0 Å². The SMILES string of the molecule is Cc1nc2c(c(N(C)C)n1)C(C)(C)CC2. The maximum absolute atomic E-state index is 4.55. The van der Waals surface area contributed by atoms with Crippen LogP contribution >= 0.6 is 0 Å². The second-order valence-corrected chi connectivity index (χ2v) is 5.19. The molecular formula is C12H19N3. The summed E-state index contributed by atoms with van der Waals surface area (Å²) in [6.45, 7) is 6.54. The molecule has 0 aliphatic heterocycles. The summed E-state index contributed by atoms with van der Waals surface area (Å²) >= 11 is 0. The lowest BCUT2D eigenvalue weighted by atomic mass is 9.87. The molecule has 1 aromatic rings.